The lowest BCUT2D eigenvalue weighted by molar-refractivity contribution is 0.563. The average Bonchev–Trinajstić information content (AvgIpc) is 2.90. The van der Waals surface area contributed by atoms with Gasteiger partial charge in [-0.1, -0.05) is 0 Å². The zero-order chi connectivity index (χ0) is 8.39. The normalized spacial score (nSPS) is 15.7. The molecule has 1 saturated carbocycles. The average molecular weight is 160 g/mol. The molecule has 1 radical (unpaired) electrons. The molecule has 2 rings (SSSR count). The Hall–Kier alpha value is -1.31. The van der Waals surface area contributed by atoms with Crippen LogP contribution in [0.1, 0.15) is 18.4 Å². The van der Waals surface area contributed by atoms with Crippen molar-refractivity contribution in [1.82, 2.24) is 0 Å². The van der Waals surface area contributed by atoms with Crippen LogP contribution in [0.3, 0.4) is 0 Å². The summed E-state index contributed by atoms with van der Waals surface area (Å²) < 4.78 is 0. The zero-order valence-corrected chi connectivity index (χ0v) is 6.71. The van der Waals surface area contributed by atoms with Gasteiger partial charge in [0.15, 0.2) is 0 Å². The molecule has 1 N–H and O–H groups in total. The summed E-state index contributed by atoms with van der Waals surface area (Å²) in [4.78, 5) is 10.2. The number of nitrogens with one attached hydrogen (secondary N) is 1. The Morgan fingerprint density at radius 1 is 1.25 bits per heavy atom. The molecule has 0 bridgehead atoms. The fraction of sp³-hybridized carbons (Fsp3) is 0.300. The number of carbonyl (C=O) groups excluding carboxylic acids is 1. The summed E-state index contributed by atoms with van der Waals surface area (Å²) >= 11 is 0. The second-order valence-corrected chi connectivity index (χ2v) is 3.10. The molecule has 1 aromatic carbocycles. The maximum absolute atomic E-state index is 10.2. The molecule has 1 aliphatic carbocycles. The van der Waals surface area contributed by atoms with E-state index in [9.17, 15) is 4.79 Å². The molecule has 0 amide bonds. The molecule has 1 aliphatic rings. The molecule has 0 aliphatic heterocycles. The van der Waals surface area contributed by atoms with Crippen LogP contribution in [0.5, 0.6) is 0 Å². The van der Waals surface area contributed by atoms with Crippen molar-refractivity contribution >= 4 is 12.0 Å². The van der Waals surface area contributed by atoms with Crippen molar-refractivity contribution in [3.63, 3.8) is 0 Å². The van der Waals surface area contributed by atoms with Crippen LogP contribution in [0.15, 0.2) is 24.3 Å². The van der Waals surface area contributed by atoms with Crippen LogP contribution in [0.25, 0.3) is 0 Å². The molecule has 0 aromatic heterocycles. The molecule has 1 aromatic rings. The van der Waals surface area contributed by atoms with Gasteiger partial charge < -0.3 is 5.32 Å². The minimum absolute atomic E-state index is 0.608. The largest absolute Gasteiger partial charge is 0.382 e. The Balaban J connectivity index is 2.07. The third kappa shape index (κ3) is 1.64. The summed E-state index contributed by atoms with van der Waals surface area (Å²) in [5, 5.41) is 3.34. The van der Waals surface area contributed by atoms with Crippen molar-refractivity contribution in [3.8, 4) is 0 Å². The van der Waals surface area contributed by atoms with E-state index in [0.29, 0.717) is 11.6 Å². The molecule has 0 saturated heterocycles. The quantitative estimate of drug-likeness (QED) is 0.729. The van der Waals surface area contributed by atoms with Crippen molar-refractivity contribution in [3.05, 3.63) is 29.8 Å². The van der Waals surface area contributed by atoms with Gasteiger partial charge >= 0.3 is 0 Å². The van der Waals surface area contributed by atoms with Crippen molar-refractivity contribution in [2.45, 2.75) is 18.9 Å². The van der Waals surface area contributed by atoms with Crippen molar-refractivity contribution < 1.29 is 4.79 Å². The van der Waals surface area contributed by atoms with E-state index in [1.54, 1.807) is 12.1 Å². The number of benzene rings is 1. The first-order valence-electron chi connectivity index (χ1n) is 4.13. The third-order valence-corrected chi connectivity index (χ3v) is 1.95. The summed E-state index contributed by atoms with van der Waals surface area (Å²) in [6.07, 6.45) is 4.38. The standard InChI is InChI=1S/C10H10NO/c12-7-8-1-3-9(4-2-8)11-10-5-6-10/h1-4,10-11H,5-6H2. The van der Waals surface area contributed by atoms with Gasteiger partial charge in [0, 0.05) is 17.3 Å². The summed E-state index contributed by atoms with van der Waals surface area (Å²) in [5.74, 6) is 0. The summed E-state index contributed by atoms with van der Waals surface area (Å²) in [5.41, 5.74) is 1.70. The summed E-state index contributed by atoms with van der Waals surface area (Å²) in [6.45, 7) is 0. The zero-order valence-electron chi connectivity index (χ0n) is 6.71. The van der Waals surface area contributed by atoms with Crippen LogP contribution in [0, 0.1) is 0 Å². The first kappa shape index (κ1) is 7.35. The maximum Gasteiger partial charge on any atom is 0.233 e. The monoisotopic (exact) mass is 160 g/mol. The molecule has 0 atom stereocenters. The summed E-state index contributed by atoms with van der Waals surface area (Å²) in [7, 11) is 0. The highest BCUT2D eigenvalue weighted by Gasteiger charge is 2.20. The summed E-state index contributed by atoms with van der Waals surface area (Å²) in [6, 6.07) is 8.04. The molecule has 2 nitrogen and oxygen atoms in total. The topological polar surface area (TPSA) is 29.1 Å². The van der Waals surface area contributed by atoms with Crippen LogP contribution >= 0.6 is 0 Å². The molecule has 61 valence electrons. The highest BCUT2D eigenvalue weighted by atomic mass is 16.1. The predicted molar refractivity (Wildman–Crippen MR) is 47.9 cm³/mol. The first-order valence-corrected chi connectivity index (χ1v) is 4.13. The van der Waals surface area contributed by atoms with Gasteiger partial charge in [-0.3, -0.25) is 4.79 Å². The van der Waals surface area contributed by atoms with Gasteiger partial charge in [0.25, 0.3) is 0 Å². The Kier molecular flexibility index (Phi) is 1.82. The Morgan fingerprint density at radius 2 is 1.92 bits per heavy atom. The fourth-order valence-corrected chi connectivity index (χ4v) is 1.10. The van der Waals surface area contributed by atoms with E-state index in [1.807, 2.05) is 18.4 Å². The molecule has 12 heavy (non-hydrogen) atoms. The van der Waals surface area contributed by atoms with E-state index in [0.717, 1.165) is 5.69 Å². The van der Waals surface area contributed by atoms with E-state index in [1.165, 1.54) is 12.8 Å². The van der Waals surface area contributed by atoms with E-state index in [-0.39, 0.29) is 0 Å². The smallest absolute Gasteiger partial charge is 0.233 e. The molecule has 2 heteroatoms. The Morgan fingerprint density at radius 3 is 2.42 bits per heavy atom. The highest BCUT2D eigenvalue weighted by Crippen LogP contribution is 2.24. The molecular formula is C10H10NO. The third-order valence-electron chi connectivity index (χ3n) is 1.95. The highest BCUT2D eigenvalue weighted by molar-refractivity contribution is 5.76. The SMILES string of the molecule is O=[C]c1ccc(NC2CC2)cc1. The molecule has 0 heterocycles. The first-order chi connectivity index (χ1) is 5.88. The van der Waals surface area contributed by atoms with E-state index in [4.69, 9.17) is 0 Å². The van der Waals surface area contributed by atoms with Gasteiger partial charge in [0.05, 0.1) is 0 Å². The lowest BCUT2D eigenvalue weighted by Gasteiger charge is -2.02. The number of rotatable bonds is 3. The van der Waals surface area contributed by atoms with Crippen LogP contribution < -0.4 is 5.32 Å². The van der Waals surface area contributed by atoms with E-state index < -0.39 is 0 Å². The minimum atomic E-state index is 0.608. The minimum Gasteiger partial charge on any atom is -0.382 e. The van der Waals surface area contributed by atoms with Crippen LogP contribution in [0.4, 0.5) is 5.69 Å². The van der Waals surface area contributed by atoms with Gasteiger partial charge in [-0.25, -0.2) is 0 Å². The van der Waals surface area contributed by atoms with Gasteiger partial charge in [-0.2, -0.15) is 0 Å². The molecule has 0 spiro atoms. The van der Waals surface area contributed by atoms with Crippen molar-refractivity contribution in [2.75, 3.05) is 5.32 Å². The lowest BCUT2D eigenvalue weighted by atomic mass is 10.2. The molecular weight excluding hydrogens is 150 g/mol. The van der Waals surface area contributed by atoms with Gasteiger partial charge in [0.1, 0.15) is 0 Å². The Bertz CT molecular complexity index is 274. The second-order valence-electron chi connectivity index (χ2n) is 3.10. The van der Waals surface area contributed by atoms with Gasteiger partial charge in [0.2, 0.25) is 6.29 Å². The van der Waals surface area contributed by atoms with Crippen molar-refractivity contribution in [2.24, 2.45) is 0 Å². The van der Waals surface area contributed by atoms with Crippen molar-refractivity contribution in [1.29, 1.82) is 0 Å². The number of hydrogen-bond donors (Lipinski definition) is 1. The van der Waals surface area contributed by atoms with Crippen LogP contribution in [-0.4, -0.2) is 12.3 Å². The van der Waals surface area contributed by atoms with Gasteiger partial charge in [-0.15, -0.1) is 0 Å². The van der Waals surface area contributed by atoms with E-state index >= 15 is 0 Å². The Labute approximate surface area is 71.6 Å². The van der Waals surface area contributed by atoms with Gasteiger partial charge in [-0.05, 0) is 37.1 Å². The van der Waals surface area contributed by atoms with Crippen LogP contribution in [-0.2, 0) is 4.79 Å². The number of hydrogen-bond acceptors (Lipinski definition) is 2. The maximum atomic E-state index is 10.2. The van der Waals surface area contributed by atoms with E-state index in [2.05, 4.69) is 5.32 Å². The fourth-order valence-electron chi connectivity index (χ4n) is 1.10. The molecule has 1 fully saturated rings. The lowest BCUT2D eigenvalue weighted by Crippen LogP contribution is -2.00. The predicted octanol–water partition coefficient (Wildman–Crippen LogP) is 1.72. The van der Waals surface area contributed by atoms with Crippen LogP contribution in [0.2, 0.25) is 0 Å². The second kappa shape index (κ2) is 2.97. The number of anilines is 1. The molecule has 0 unspecified atom stereocenters.